The average Bonchev–Trinajstić information content (AvgIpc) is 2.85. The van der Waals surface area contributed by atoms with Crippen LogP contribution in [0.1, 0.15) is 22.2 Å². The lowest BCUT2D eigenvalue weighted by Gasteiger charge is -2.47. The highest BCUT2D eigenvalue weighted by Crippen LogP contribution is 2.39. The van der Waals surface area contributed by atoms with Crippen molar-refractivity contribution in [1.82, 2.24) is 0 Å². The first kappa shape index (κ1) is 22.4. The summed E-state index contributed by atoms with van der Waals surface area (Å²) in [4.78, 5) is 15.8. The van der Waals surface area contributed by atoms with Crippen LogP contribution >= 0.6 is 11.8 Å². The van der Waals surface area contributed by atoms with Crippen LogP contribution in [0.2, 0.25) is 0 Å². The van der Waals surface area contributed by atoms with E-state index in [1.54, 1.807) is 31.4 Å². The molecule has 32 heavy (non-hydrogen) atoms. The number of ether oxygens (including phenoxy) is 5. The van der Waals surface area contributed by atoms with E-state index in [1.165, 1.54) is 11.8 Å². The second kappa shape index (κ2) is 10.2. The van der Waals surface area contributed by atoms with E-state index in [9.17, 15) is 4.79 Å². The first-order valence-electron chi connectivity index (χ1n) is 10.0. The molecule has 168 valence electrons. The van der Waals surface area contributed by atoms with Crippen LogP contribution in [-0.2, 0) is 18.9 Å². The van der Waals surface area contributed by atoms with Gasteiger partial charge in [-0.3, -0.25) is 0 Å². The standard InChI is InChI=1S/C22H23N3O6S/c1-27-15-10-8-14(9-11-15)21-28-12-16-18(31-21)19(17(24-25-23)22(29-16)32-2)30-20(26)13-6-4-3-5-7-13/h3-11,16-19,21-22H,12H2,1-2H3/t16?,17-,18+,19?,21?,22-/m0/s1. The lowest BCUT2D eigenvalue weighted by molar-refractivity contribution is -0.304. The van der Waals surface area contributed by atoms with E-state index in [0.717, 1.165) is 5.56 Å². The molecule has 4 rings (SSSR count). The largest absolute Gasteiger partial charge is 0.497 e. The molecule has 2 fully saturated rings. The molecule has 6 atom stereocenters. The van der Waals surface area contributed by atoms with Crippen LogP contribution in [0.4, 0.5) is 0 Å². The zero-order valence-corrected chi connectivity index (χ0v) is 18.4. The lowest BCUT2D eigenvalue weighted by atomic mass is 9.97. The van der Waals surface area contributed by atoms with Gasteiger partial charge in [-0.25, -0.2) is 4.79 Å². The Labute approximate surface area is 189 Å². The van der Waals surface area contributed by atoms with Gasteiger partial charge >= 0.3 is 5.97 Å². The van der Waals surface area contributed by atoms with E-state index in [-0.39, 0.29) is 6.61 Å². The van der Waals surface area contributed by atoms with E-state index in [2.05, 4.69) is 10.0 Å². The fourth-order valence-corrected chi connectivity index (χ4v) is 4.51. The van der Waals surface area contributed by atoms with E-state index in [4.69, 9.17) is 29.2 Å². The number of carbonyl (C=O) groups is 1. The van der Waals surface area contributed by atoms with Crippen molar-refractivity contribution in [3.63, 3.8) is 0 Å². The van der Waals surface area contributed by atoms with Gasteiger partial charge in [-0.05, 0) is 36.1 Å². The first-order chi connectivity index (χ1) is 15.6. The van der Waals surface area contributed by atoms with Gasteiger partial charge in [-0.15, -0.1) is 11.8 Å². The number of azide groups is 1. The molecule has 0 N–H and O–H groups in total. The van der Waals surface area contributed by atoms with Gasteiger partial charge in [0, 0.05) is 10.5 Å². The molecule has 9 nitrogen and oxygen atoms in total. The lowest BCUT2D eigenvalue weighted by Crippen LogP contribution is -2.61. The van der Waals surface area contributed by atoms with Crippen molar-refractivity contribution in [3.8, 4) is 5.75 Å². The highest BCUT2D eigenvalue weighted by molar-refractivity contribution is 7.99. The number of hydrogen-bond donors (Lipinski definition) is 0. The number of methoxy groups -OCH3 is 1. The van der Waals surface area contributed by atoms with Crippen LogP contribution in [-0.4, -0.2) is 55.7 Å². The Morgan fingerprint density at radius 1 is 1.16 bits per heavy atom. The number of fused-ring (bicyclic) bond motifs is 1. The Morgan fingerprint density at radius 3 is 2.56 bits per heavy atom. The normalized spacial score (nSPS) is 29.3. The zero-order valence-electron chi connectivity index (χ0n) is 17.6. The molecule has 2 aromatic rings. The Hall–Kier alpha value is -2.75. The molecule has 2 aliphatic heterocycles. The molecule has 0 aromatic heterocycles. The van der Waals surface area contributed by atoms with Crippen LogP contribution in [0, 0.1) is 0 Å². The number of thioether (sulfide) groups is 1. The van der Waals surface area contributed by atoms with Crippen LogP contribution in [0.5, 0.6) is 5.75 Å². The van der Waals surface area contributed by atoms with Gasteiger partial charge in [0.1, 0.15) is 35.5 Å². The minimum absolute atomic E-state index is 0.237. The second-order valence-corrected chi connectivity index (χ2v) is 8.19. The van der Waals surface area contributed by atoms with Gasteiger partial charge in [-0.2, -0.15) is 0 Å². The first-order valence-corrected chi connectivity index (χ1v) is 11.3. The molecule has 0 spiro atoms. The third-order valence-corrected chi connectivity index (χ3v) is 6.22. The van der Waals surface area contributed by atoms with E-state index in [1.807, 2.05) is 36.6 Å². The van der Waals surface area contributed by atoms with Gasteiger partial charge in [0.15, 0.2) is 6.29 Å². The minimum atomic E-state index is -0.848. The molecule has 0 bridgehead atoms. The van der Waals surface area contributed by atoms with Gasteiger partial charge in [0.05, 0.1) is 19.3 Å². The van der Waals surface area contributed by atoms with Gasteiger partial charge in [-0.1, -0.05) is 35.4 Å². The molecule has 0 aliphatic carbocycles. The van der Waals surface area contributed by atoms with Gasteiger partial charge in [0.25, 0.3) is 0 Å². The summed E-state index contributed by atoms with van der Waals surface area (Å²) in [5.74, 6) is 0.190. The van der Waals surface area contributed by atoms with Crippen LogP contribution in [0.3, 0.4) is 0 Å². The number of rotatable bonds is 6. The van der Waals surface area contributed by atoms with Crippen LogP contribution in [0.15, 0.2) is 59.7 Å². The van der Waals surface area contributed by atoms with Crippen LogP contribution < -0.4 is 4.74 Å². The molecule has 0 amide bonds. The van der Waals surface area contributed by atoms with Crippen LogP contribution in [0.25, 0.3) is 10.4 Å². The molecule has 2 aromatic carbocycles. The maximum absolute atomic E-state index is 12.8. The predicted octanol–water partition coefficient (Wildman–Crippen LogP) is 4.10. The van der Waals surface area contributed by atoms with Gasteiger partial charge in [0.2, 0.25) is 0 Å². The topological polar surface area (TPSA) is 112 Å². The Kier molecular flexibility index (Phi) is 7.19. The van der Waals surface area contributed by atoms with Crippen molar-refractivity contribution in [2.24, 2.45) is 5.11 Å². The molecule has 2 heterocycles. The van der Waals surface area contributed by atoms with Crippen molar-refractivity contribution in [3.05, 3.63) is 76.2 Å². The number of carbonyl (C=O) groups excluding carboxylic acids is 1. The molecule has 2 aliphatic rings. The van der Waals surface area contributed by atoms with E-state index >= 15 is 0 Å². The summed E-state index contributed by atoms with van der Waals surface area (Å²) in [7, 11) is 1.59. The second-order valence-electron chi connectivity index (χ2n) is 7.25. The molecular formula is C22H23N3O6S. The van der Waals surface area contributed by atoms with Crippen molar-refractivity contribution in [2.45, 2.75) is 36.1 Å². The molecule has 3 unspecified atom stereocenters. The average molecular weight is 458 g/mol. The van der Waals surface area contributed by atoms with E-state index < -0.39 is 42.0 Å². The summed E-state index contributed by atoms with van der Waals surface area (Å²) in [6.45, 7) is 0.237. The summed E-state index contributed by atoms with van der Waals surface area (Å²) >= 11 is 1.37. The Morgan fingerprint density at radius 2 is 1.91 bits per heavy atom. The molecule has 10 heteroatoms. The molecular weight excluding hydrogens is 434 g/mol. The Bertz CT molecular complexity index is 969. The third kappa shape index (κ3) is 4.69. The monoisotopic (exact) mass is 457 g/mol. The summed E-state index contributed by atoms with van der Waals surface area (Å²) in [5, 5.41) is 3.90. The highest BCUT2D eigenvalue weighted by Gasteiger charge is 2.51. The summed E-state index contributed by atoms with van der Waals surface area (Å²) in [6.07, 6.45) is -0.866. The highest BCUT2D eigenvalue weighted by atomic mass is 32.2. The maximum atomic E-state index is 12.8. The number of benzene rings is 2. The van der Waals surface area contributed by atoms with Crippen molar-refractivity contribution >= 4 is 17.7 Å². The van der Waals surface area contributed by atoms with E-state index in [0.29, 0.717) is 11.3 Å². The predicted molar refractivity (Wildman–Crippen MR) is 117 cm³/mol. The molecule has 2 saturated heterocycles. The summed E-state index contributed by atoms with van der Waals surface area (Å²) < 4.78 is 29.3. The van der Waals surface area contributed by atoms with Crippen molar-refractivity contribution < 1.29 is 28.5 Å². The van der Waals surface area contributed by atoms with Gasteiger partial charge < -0.3 is 23.7 Å². The smallest absolute Gasteiger partial charge is 0.338 e. The fraction of sp³-hybridized carbons (Fsp3) is 0.409. The SMILES string of the molecule is COc1ccc(C2OCC3O[C@@H](SC)[C@@H](N=[N+]=[N-])C(OC(=O)c4ccccc4)[C@@H]3O2)cc1. The maximum Gasteiger partial charge on any atom is 0.338 e. The fourth-order valence-electron chi connectivity index (χ4n) is 3.77. The summed E-state index contributed by atoms with van der Waals surface area (Å²) in [6, 6.07) is 15.2. The zero-order chi connectivity index (χ0) is 22.5. The minimum Gasteiger partial charge on any atom is -0.497 e. The number of hydrogen-bond acceptors (Lipinski definition) is 8. The Balaban J connectivity index is 1.61. The number of nitrogens with zero attached hydrogens (tertiary/aromatic N) is 3. The van der Waals surface area contributed by atoms with Crippen molar-refractivity contribution in [1.29, 1.82) is 0 Å². The quantitative estimate of drug-likeness (QED) is 0.278. The van der Waals surface area contributed by atoms with Crippen molar-refractivity contribution in [2.75, 3.05) is 20.0 Å². The molecule has 0 radical (unpaired) electrons. The number of esters is 1. The third-order valence-electron chi connectivity index (χ3n) is 5.37. The summed E-state index contributed by atoms with van der Waals surface area (Å²) in [5.41, 5.74) is 9.82. The molecule has 0 saturated carbocycles.